The zero-order valence-electron chi connectivity index (χ0n) is 25.6. The van der Waals surface area contributed by atoms with Gasteiger partial charge >= 0.3 is 0 Å². The van der Waals surface area contributed by atoms with Gasteiger partial charge in [0.15, 0.2) is 23.1 Å². The molecule has 1 saturated carbocycles. The highest BCUT2D eigenvalue weighted by Crippen LogP contribution is 2.63. The molecule has 8 rings (SSSR count). The predicted octanol–water partition coefficient (Wildman–Crippen LogP) is 7.16. The fourth-order valence-corrected chi connectivity index (χ4v) is 9.16. The number of phenolic OH excluding ortho intramolecular Hbond substituents is 1. The Morgan fingerprint density at radius 1 is 0.812 bits per heavy atom. The molecule has 8 heteroatoms. The smallest absolute Gasteiger partial charge is 0.238 e. The summed E-state index contributed by atoms with van der Waals surface area (Å²) >= 11 is 2.17. The third-order valence-corrected chi connectivity index (χ3v) is 11.5. The van der Waals surface area contributed by atoms with E-state index in [0.717, 1.165) is 9.14 Å². The van der Waals surface area contributed by atoms with E-state index >= 15 is 4.39 Å². The van der Waals surface area contributed by atoms with Gasteiger partial charge in [0, 0.05) is 21.0 Å². The lowest BCUT2D eigenvalue weighted by molar-refractivity contribution is -0.135. The summed E-state index contributed by atoms with van der Waals surface area (Å²) in [7, 11) is 0. The molecule has 0 aromatic heterocycles. The minimum atomic E-state index is -1.46. The summed E-state index contributed by atoms with van der Waals surface area (Å²) in [6.07, 6.45) is 3.80. The number of amides is 2. The van der Waals surface area contributed by atoms with Gasteiger partial charge in [0.2, 0.25) is 11.8 Å². The van der Waals surface area contributed by atoms with Crippen molar-refractivity contribution in [3.63, 3.8) is 0 Å². The van der Waals surface area contributed by atoms with Crippen LogP contribution in [0.3, 0.4) is 0 Å². The van der Waals surface area contributed by atoms with Gasteiger partial charge in [-0.15, -0.1) is 0 Å². The van der Waals surface area contributed by atoms with Crippen LogP contribution in [0.2, 0.25) is 0 Å². The van der Waals surface area contributed by atoms with E-state index in [1.165, 1.54) is 23.1 Å². The summed E-state index contributed by atoms with van der Waals surface area (Å²) in [5.74, 6) is -6.26. The number of benzene rings is 4. The van der Waals surface area contributed by atoms with Crippen molar-refractivity contribution in [1.82, 2.24) is 0 Å². The van der Waals surface area contributed by atoms with Gasteiger partial charge in [-0.1, -0.05) is 78.4 Å². The summed E-state index contributed by atoms with van der Waals surface area (Å²) in [5, 5.41) is 10.2. The number of halogens is 2. The second-order valence-corrected chi connectivity index (χ2v) is 14.2. The molecule has 1 N–H and O–H groups in total. The fraction of sp³-hybridized carbons (Fsp3) is 0.200. The lowest BCUT2D eigenvalue weighted by Gasteiger charge is -2.55. The summed E-state index contributed by atoms with van der Waals surface area (Å²) in [6.45, 7) is 0. The van der Waals surface area contributed by atoms with Gasteiger partial charge in [-0.3, -0.25) is 24.1 Å². The molecule has 0 radical (unpaired) electrons. The molecule has 6 unspecified atom stereocenters. The van der Waals surface area contributed by atoms with Crippen LogP contribution in [0.25, 0.3) is 5.57 Å². The van der Waals surface area contributed by atoms with Gasteiger partial charge in [0.05, 0.1) is 22.9 Å². The summed E-state index contributed by atoms with van der Waals surface area (Å²) < 4.78 is 16.2. The summed E-state index contributed by atoms with van der Waals surface area (Å²) in [6, 6.07) is 29.5. The van der Waals surface area contributed by atoms with E-state index < -0.39 is 46.6 Å². The average molecular weight is 750 g/mol. The van der Waals surface area contributed by atoms with Crippen molar-refractivity contribution in [2.75, 3.05) is 4.90 Å². The second-order valence-electron chi connectivity index (χ2n) is 13.0. The third kappa shape index (κ3) is 4.41. The lowest BCUT2D eigenvalue weighted by Crippen LogP contribution is -2.58. The van der Waals surface area contributed by atoms with E-state index in [9.17, 15) is 24.3 Å². The van der Waals surface area contributed by atoms with Crippen LogP contribution in [-0.4, -0.2) is 28.5 Å². The molecule has 4 aliphatic rings. The first-order valence-corrected chi connectivity index (χ1v) is 17.0. The molecular formula is C40H29FINO5. The molecule has 0 bridgehead atoms. The van der Waals surface area contributed by atoms with Gasteiger partial charge in [-0.25, -0.2) is 4.39 Å². The standard InChI is InChI=1S/C40H29FINO5/c41-32-19-23(11-18-33(32)44)36-27-16-17-28-35(39(48)43(38(28)47)26-14-12-25(42)13-15-26)30(27)20-31-37(46)29(22-7-3-1-4-8-22)21-34(45)40(31,36)24-9-5-2-6-10-24/h1-16,18-19,21,28,30-31,35-36,44H,17,20H2. The normalized spacial score (nSPS) is 28.0. The Labute approximate surface area is 290 Å². The number of fused-ring (bicyclic) bond motifs is 4. The molecule has 2 fully saturated rings. The number of rotatable bonds is 4. The molecule has 3 aliphatic carbocycles. The number of ketones is 2. The van der Waals surface area contributed by atoms with Gasteiger partial charge < -0.3 is 5.11 Å². The maximum Gasteiger partial charge on any atom is 0.238 e. The number of anilines is 1. The largest absolute Gasteiger partial charge is 0.505 e. The molecule has 1 aliphatic heterocycles. The fourth-order valence-electron chi connectivity index (χ4n) is 8.80. The first-order chi connectivity index (χ1) is 23.2. The van der Waals surface area contributed by atoms with Crippen LogP contribution in [0, 0.1) is 33.1 Å². The Morgan fingerprint density at radius 2 is 1.50 bits per heavy atom. The Balaban J connectivity index is 1.36. The van der Waals surface area contributed by atoms with E-state index in [2.05, 4.69) is 22.6 Å². The minimum absolute atomic E-state index is 0.160. The van der Waals surface area contributed by atoms with Crippen LogP contribution >= 0.6 is 22.6 Å². The maximum atomic E-state index is 15.2. The summed E-state index contributed by atoms with van der Waals surface area (Å²) in [4.78, 5) is 59.5. The van der Waals surface area contributed by atoms with Crippen LogP contribution in [0.15, 0.2) is 121 Å². The number of allylic oxidation sites excluding steroid dienone is 4. The molecule has 4 aromatic carbocycles. The van der Waals surface area contributed by atoms with Gasteiger partial charge in [-0.05, 0) is 101 Å². The van der Waals surface area contributed by atoms with Crippen molar-refractivity contribution < 1.29 is 28.7 Å². The second kappa shape index (κ2) is 11.5. The molecule has 48 heavy (non-hydrogen) atoms. The molecule has 1 heterocycles. The molecule has 6 nitrogen and oxygen atoms in total. The molecular weight excluding hydrogens is 720 g/mol. The molecule has 4 aromatic rings. The van der Waals surface area contributed by atoms with Crippen molar-refractivity contribution >= 4 is 57.2 Å². The Morgan fingerprint density at radius 3 is 2.19 bits per heavy atom. The number of aromatic hydroxyl groups is 1. The van der Waals surface area contributed by atoms with Crippen LogP contribution < -0.4 is 4.90 Å². The van der Waals surface area contributed by atoms with Gasteiger partial charge in [0.25, 0.3) is 0 Å². The van der Waals surface area contributed by atoms with Crippen LogP contribution in [0.1, 0.15) is 35.4 Å². The molecule has 238 valence electrons. The minimum Gasteiger partial charge on any atom is -0.505 e. The van der Waals surface area contributed by atoms with Crippen molar-refractivity contribution in [2.45, 2.75) is 24.2 Å². The zero-order valence-corrected chi connectivity index (χ0v) is 27.7. The molecule has 2 amide bonds. The van der Waals surface area contributed by atoms with Crippen molar-refractivity contribution in [3.8, 4) is 5.75 Å². The number of hydrogen-bond donors (Lipinski definition) is 1. The molecule has 6 atom stereocenters. The first kappa shape index (κ1) is 30.6. The van der Waals surface area contributed by atoms with Gasteiger partial charge in [-0.2, -0.15) is 0 Å². The molecule has 0 spiro atoms. The molecule has 1 saturated heterocycles. The number of nitrogens with zero attached hydrogens (tertiary/aromatic N) is 1. The van der Waals surface area contributed by atoms with E-state index in [-0.39, 0.29) is 36.2 Å². The Hall–Kier alpha value is -4.70. The average Bonchev–Trinajstić information content (AvgIpc) is 3.36. The van der Waals surface area contributed by atoms with E-state index in [1.807, 2.05) is 66.7 Å². The van der Waals surface area contributed by atoms with Crippen molar-refractivity contribution in [1.29, 1.82) is 0 Å². The summed E-state index contributed by atoms with van der Waals surface area (Å²) in [5.41, 5.74) is 1.71. The number of hydrogen-bond acceptors (Lipinski definition) is 5. The van der Waals surface area contributed by atoms with E-state index in [4.69, 9.17) is 0 Å². The zero-order chi connectivity index (χ0) is 33.3. The number of carbonyl (C=O) groups is 4. The highest BCUT2D eigenvalue weighted by atomic mass is 127. The topological polar surface area (TPSA) is 91.8 Å². The van der Waals surface area contributed by atoms with Crippen LogP contribution in [0.4, 0.5) is 10.1 Å². The first-order valence-electron chi connectivity index (χ1n) is 15.9. The maximum absolute atomic E-state index is 15.2. The van der Waals surface area contributed by atoms with Crippen LogP contribution in [-0.2, 0) is 24.6 Å². The lowest BCUT2D eigenvalue weighted by atomic mass is 9.44. The van der Waals surface area contributed by atoms with Crippen molar-refractivity contribution in [2.24, 2.45) is 23.7 Å². The monoisotopic (exact) mass is 749 g/mol. The highest BCUT2D eigenvalue weighted by molar-refractivity contribution is 14.1. The third-order valence-electron chi connectivity index (χ3n) is 10.8. The number of phenols is 1. The number of carbonyl (C=O) groups excluding carboxylic acids is 4. The SMILES string of the molecule is O=C1C(c2ccccc2)=CC(=O)C2(c3ccccc3)C1CC1C(=CCC3C(=O)N(c4ccc(I)cc4)C(=O)C31)C2c1ccc(O)c(F)c1. The quantitative estimate of drug-likeness (QED) is 0.136. The van der Waals surface area contributed by atoms with E-state index in [1.54, 1.807) is 30.3 Å². The van der Waals surface area contributed by atoms with Crippen LogP contribution in [0.5, 0.6) is 5.75 Å². The van der Waals surface area contributed by atoms with Crippen molar-refractivity contribution in [3.05, 3.63) is 147 Å². The Bertz CT molecular complexity index is 2080. The number of Topliss-reactive ketones (excluding diaryl/α,β-unsaturated/α-hetero) is 1. The van der Waals surface area contributed by atoms with Gasteiger partial charge in [0.1, 0.15) is 0 Å². The predicted molar refractivity (Wildman–Crippen MR) is 186 cm³/mol. The number of imide groups is 1. The van der Waals surface area contributed by atoms with E-state index in [0.29, 0.717) is 28.0 Å². The Kier molecular flexibility index (Phi) is 7.32. The highest BCUT2D eigenvalue weighted by Gasteiger charge is 2.66.